The summed E-state index contributed by atoms with van der Waals surface area (Å²) in [5.74, 6) is -0.599. The van der Waals surface area contributed by atoms with E-state index in [1.54, 1.807) is 12.1 Å². The molecule has 0 radical (unpaired) electrons. The third kappa shape index (κ3) is 4.37. The second kappa shape index (κ2) is 7.51. The van der Waals surface area contributed by atoms with Crippen molar-refractivity contribution in [1.29, 1.82) is 0 Å². The Balaban J connectivity index is 2.30. The highest BCUT2D eigenvalue weighted by molar-refractivity contribution is 14.1. The number of hydrogen-bond acceptors (Lipinski definition) is 1. The van der Waals surface area contributed by atoms with Gasteiger partial charge in [-0.2, -0.15) is 0 Å². The van der Waals surface area contributed by atoms with Crippen molar-refractivity contribution in [3.05, 3.63) is 67.8 Å². The van der Waals surface area contributed by atoms with Gasteiger partial charge in [0.05, 0.1) is 0 Å². The summed E-state index contributed by atoms with van der Waals surface area (Å²) in [7, 11) is 0. The van der Waals surface area contributed by atoms with Gasteiger partial charge in [-0.15, -0.1) is 0 Å². The van der Waals surface area contributed by atoms with Crippen LogP contribution in [0.1, 0.15) is 24.1 Å². The Morgan fingerprint density at radius 1 is 1.14 bits per heavy atom. The van der Waals surface area contributed by atoms with Crippen LogP contribution in [-0.4, -0.2) is 6.54 Å². The maximum absolute atomic E-state index is 13.2. The van der Waals surface area contributed by atoms with Gasteiger partial charge in [-0.25, -0.2) is 8.78 Å². The highest BCUT2D eigenvalue weighted by Crippen LogP contribution is 2.27. The third-order valence-electron chi connectivity index (χ3n) is 3.23. The average Bonchev–Trinajstić information content (AvgIpc) is 2.41. The predicted octanol–water partition coefficient (Wildman–Crippen LogP) is 5.12. The van der Waals surface area contributed by atoms with E-state index in [1.807, 2.05) is 6.92 Å². The quantitative estimate of drug-likeness (QED) is 0.661. The monoisotopic (exact) mass is 421 g/mol. The van der Waals surface area contributed by atoms with E-state index in [1.165, 1.54) is 24.3 Å². The van der Waals surface area contributed by atoms with Crippen molar-refractivity contribution in [2.24, 2.45) is 0 Å². The molecule has 0 bridgehead atoms. The summed E-state index contributed by atoms with van der Waals surface area (Å²) >= 11 is 8.22. The second-order valence-electron chi connectivity index (χ2n) is 4.72. The number of likely N-dealkylation sites (N-methyl/N-ethyl adjacent to an activating group) is 1. The van der Waals surface area contributed by atoms with Gasteiger partial charge in [0.25, 0.3) is 0 Å². The van der Waals surface area contributed by atoms with Gasteiger partial charge >= 0.3 is 0 Å². The zero-order valence-corrected chi connectivity index (χ0v) is 14.4. The smallest absolute Gasteiger partial charge is 0.124 e. The van der Waals surface area contributed by atoms with Gasteiger partial charge in [0.15, 0.2) is 0 Å². The molecule has 0 saturated heterocycles. The lowest BCUT2D eigenvalue weighted by atomic mass is 9.98. The molecule has 2 aromatic rings. The van der Waals surface area contributed by atoms with Crippen LogP contribution in [0.5, 0.6) is 0 Å². The molecule has 0 heterocycles. The summed E-state index contributed by atoms with van der Waals surface area (Å²) in [5.41, 5.74) is 1.88. The molecular formula is C16H15ClF2IN. The van der Waals surface area contributed by atoms with Crippen molar-refractivity contribution in [1.82, 2.24) is 5.32 Å². The molecule has 21 heavy (non-hydrogen) atoms. The first-order chi connectivity index (χ1) is 10.0. The number of rotatable bonds is 5. The van der Waals surface area contributed by atoms with E-state index in [0.717, 1.165) is 21.2 Å². The molecule has 112 valence electrons. The largest absolute Gasteiger partial charge is 0.310 e. The van der Waals surface area contributed by atoms with E-state index in [0.29, 0.717) is 11.4 Å². The fourth-order valence-electron chi connectivity index (χ4n) is 2.23. The van der Waals surface area contributed by atoms with Gasteiger partial charge in [-0.1, -0.05) is 30.7 Å². The third-order valence-corrected chi connectivity index (χ3v) is 4.51. The van der Waals surface area contributed by atoms with E-state index in [2.05, 4.69) is 27.9 Å². The lowest BCUT2D eigenvalue weighted by Crippen LogP contribution is -2.24. The maximum Gasteiger partial charge on any atom is 0.124 e. The van der Waals surface area contributed by atoms with E-state index < -0.39 is 0 Å². The Morgan fingerprint density at radius 2 is 1.81 bits per heavy atom. The summed E-state index contributed by atoms with van der Waals surface area (Å²) in [4.78, 5) is 0. The minimum atomic E-state index is -0.347. The van der Waals surface area contributed by atoms with Crippen LogP contribution in [0, 0.1) is 15.2 Å². The molecule has 0 aliphatic carbocycles. The number of halogens is 4. The molecular weight excluding hydrogens is 407 g/mol. The summed E-state index contributed by atoms with van der Waals surface area (Å²) in [6.07, 6.45) is 0.620. The Hall–Kier alpha value is -0.720. The Labute approximate surface area is 141 Å². The summed E-state index contributed by atoms with van der Waals surface area (Å²) in [5, 5.41) is 3.78. The van der Waals surface area contributed by atoms with Crippen molar-refractivity contribution in [3.63, 3.8) is 0 Å². The molecule has 1 N–H and O–H groups in total. The maximum atomic E-state index is 13.2. The molecule has 0 saturated carbocycles. The van der Waals surface area contributed by atoms with Crippen LogP contribution < -0.4 is 5.32 Å². The normalized spacial score (nSPS) is 12.4. The minimum Gasteiger partial charge on any atom is -0.310 e. The average molecular weight is 422 g/mol. The molecule has 1 unspecified atom stereocenters. The highest BCUT2D eigenvalue weighted by atomic mass is 127. The van der Waals surface area contributed by atoms with Crippen LogP contribution in [0.3, 0.4) is 0 Å². The topological polar surface area (TPSA) is 12.0 Å². The van der Waals surface area contributed by atoms with Crippen molar-refractivity contribution in [2.45, 2.75) is 19.4 Å². The van der Waals surface area contributed by atoms with Crippen molar-refractivity contribution >= 4 is 34.2 Å². The first kappa shape index (κ1) is 16.6. The fourth-order valence-corrected chi connectivity index (χ4v) is 3.33. The molecule has 2 rings (SSSR count). The molecule has 0 aromatic heterocycles. The zero-order chi connectivity index (χ0) is 15.4. The number of nitrogens with one attached hydrogen (secondary N) is 1. The van der Waals surface area contributed by atoms with Crippen LogP contribution in [0.2, 0.25) is 5.02 Å². The molecule has 5 heteroatoms. The molecule has 1 atom stereocenters. The van der Waals surface area contributed by atoms with Gasteiger partial charge in [0.2, 0.25) is 0 Å². The summed E-state index contributed by atoms with van der Waals surface area (Å²) < 4.78 is 27.2. The van der Waals surface area contributed by atoms with Crippen LogP contribution in [0.4, 0.5) is 8.78 Å². The Kier molecular flexibility index (Phi) is 5.96. The number of hydrogen-bond donors (Lipinski definition) is 1. The Morgan fingerprint density at radius 3 is 2.43 bits per heavy atom. The van der Waals surface area contributed by atoms with E-state index in [4.69, 9.17) is 11.6 Å². The van der Waals surface area contributed by atoms with Crippen LogP contribution in [0.15, 0.2) is 36.4 Å². The van der Waals surface area contributed by atoms with Gasteiger partial charge in [-0.3, -0.25) is 0 Å². The Bertz CT molecular complexity index is 634. The lowest BCUT2D eigenvalue weighted by Gasteiger charge is -2.20. The van der Waals surface area contributed by atoms with E-state index in [9.17, 15) is 8.78 Å². The highest BCUT2D eigenvalue weighted by Gasteiger charge is 2.16. The molecule has 0 fully saturated rings. The van der Waals surface area contributed by atoms with Gasteiger partial charge in [0.1, 0.15) is 11.6 Å². The van der Waals surface area contributed by atoms with Crippen molar-refractivity contribution < 1.29 is 8.78 Å². The second-order valence-corrected chi connectivity index (χ2v) is 6.29. The van der Waals surface area contributed by atoms with Crippen LogP contribution >= 0.6 is 34.2 Å². The number of benzene rings is 2. The van der Waals surface area contributed by atoms with Crippen molar-refractivity contribution in [3.8, 4) is 0 Å². The molecule has 0 amide bonds. The molecule has 0 spiro atoms. The summed E-state index contributed by atoms with van der Waals surface area (Å²) in [6, 6.07) is 9.15. The predicted molar refractivity (Wildman–Crippen MR) is 90.6 cm³/mol. The SMILES string of the molecule is CCNC(Cc1ccc(F)cc1Cl)c1ccc(F)cc1I. The van der Waals surface area contributed by atoms with Crippen molar-refractivity contribution in [2.75, 3.05) is 6.54 Å². The standard InChI is InChI=1S/C16H15ClF2IN/c1-2-21-16(13-6-5-12(19)9-15(13)20)7-10-3-4-11(18)8-14(10)17/h3-6,8-9,16,21H,2,7H2,1H3. The molecule has 0 aliphatic heterocycles. The molecule has 2 aromatic carbocycles. The zero-order valence-electron chi connectivity index (χ0n) is 11.5. The van der Waals surface area contributed by atoms with Gasteiger partial charge in [0, 0.05) is 14.6 Å². The van der Waals surface area contributed by atoms with E-state index >= 15 is 0 Å². The fraction of sp³-hybridized carbons (Fsp3) is 0.250. The van der Waals surface area contributed by atoms with Crippen LogP contribution in [-0.2, 0) is 6.42 Å². The van der Waals surface area contributed by atoms with Gasteiger partial charge < -0.3 is 5.32 Å². The first-order valence-electron chi connectivity index (χ1n) is 6.63. The summed E-state index contributed by atoms with van der Waals surface area (Å²) in [6.45, 7) is 2.78. The van der Waals surface area contributed by atoms with Crippen LogP contribution in [0.25, 0.3) is 0 Å². The first-order valence-corrected chi connectivity index (χ1v) is 8.09. The van der Waals surface area contributed by atoms with E-state index in [-0.39, 0.29) is 17.7 Å². The molecule has 1 nitrogen and oxygen atoms in total. The van der Waals surface area contributed by atoms with Gasteiger partial charge in [-0.05, 0) is 70.9 Å². The molecule has 0 aliphatic rings. The lowest BCUT2D eigenvalue weighted by molar-refractivity contribution is 0.544. The minimum absolute atomic E-state index is 0.00506.